The Morgan fingerprint density at radius 2 is 1.95 bits per heavy atom. The number of thiocarbonyl (C=S) groups is 1. The molecule has 0 bridgehead atoms. The van der Waals surface area contributed by atoms with Crippen molar-refractivity contribution in [3.63, 3.8) is 0 Å². The van der Waals surface area contributed by atoms with Crippen molar-refractivity contribution < 1.29 is 4.79 Å². The molecule has 0 aliphatic heterocycles. The highest BCUT2D eigenvalue weighted by molar-refractivity contribution is 7.80. The molecule has 1 amide bonds. The SMILES string of the molecule is CC(=NNC(N)=S)c1ccc(NC(=O)C(Cl)Cl)cc1. The number of benzene rings is 1. The number of hydrogen-bond acceptors (Lipinski definition) is 3. The van der Waals surface area contributed by atoms with Gasteiger partial charge in [-0.05, 0) is 36.8 Å². The number of hydrogen-bond donors (Lipinski definition) is 3. The number of halogens is 2. The summed E-state index contributed by atoms with van der Waals surface area (Å²) in [5.74, 6) is -0.475. The van der Waals surface area contributed by atoms with Crippen molar-refractivity contribution >= 4 is 57.8 Å². The summed E-state index contributed by atoms with van der Waals surface area (Å²) in [6.07, 6.45) is 0. The Bertz CT molecular complexity index is 502. The minimum atomic E-state index is -1.10. The van der Waals surface area contributed by atoms with Crippen LogP contribution in [-0.4, -0.2) is 21.6 Å². The zero-order valence-corrected chi connectivity index (χ0v) is 12.3. The number of carbonyl (C=O) groups excluding carboxylic acids is 1. The quantitative estimate of drug-likeness (QED) is 0.343. The van der Waals surface area contributed by atoms with E-state index < -0.39 is 10.7 Å². The maximum atomic E-state index is 11.3. The maximum absolute atomic E-state index is 11.3. The fourth-order valence-electron chi connectivity index (χ4n) is 1.20. The Labute approximate surface area is 126 Å². The van der Waals surface area contributed by atoms with Crippen molar-refractivity contribution in [1.29, 1.82) is 0 Å². The molecule has 19 heavy (non-hydrogen) atoms. The highest BCUT2D eigenvalue weighted by atomic mass is 35.5. The second kappa shape index (κ2) is 7.28. The molecule has 0 aromatic heterocycles. The Hall–Kier alpha value is -1.37. The summed E-state index contributed by atoms with van der Waals surface area (Å²) in [5, 5.41) is 6.64. The van der Waals surface area contributed by atoms with Gasteiger partial charge < -0.3 is 11.1 Å². The predicted octanol–water partition coefficient (Wildman–Crippen LogP) is 1.99. The van der Waals surface area contributed by atoms with Crippen LogP contribution in [0.25, 0.3) is 0 Å². The van der Waals surface area contributed by atoms with Gasteiger partial charge in [0.15, 0.2) is 9.95 Å². The molecule has 0 heterocycles. The second-order valence-corrected chi connectivity index (χ2v) is 5.08. The van der Waals surface area contributed by atoms with Crippen molar-refractivity contribution in [2.45, 2.75) is 11.8 Å². The first-order chi connectivity index (χ1) is 8.90. The van der Waals surface area contributed by atoms with Crippen LogP contribution in [0.4, 0.5) is 5.69 Å². The number of nitrogens with two attached hydrogens (primary N) is 1. The molecule has 0 aliphatic carbocycles. The normalized spacial score (nSPS) is 11.3. The number of nitrogens with zero attached hydrogens (tertiary/aromatic N) is 1. The van der Waals surface area contributed by atoms with Gasteiger partial charge in [0, 0.05) is 5.69 Å². The fourth-order valence-corrected chi connectivity index (χ4v) is 1.35. The van der Waals surface area contributed by atoms with Crippen LogP contribution < -0.4 is 16.5 Å². The van der Waals surface area contributed by atoms with E-state index >= 15 is 0 Å². The lowest BCUT2D eigenvalue weighted by Gasteiger charge is -2.07. The molecule has 0 saturated carbocycles. The van der Waals surface area contributed by atoms with Crippen molar-refractivity contribution in [3.8, 4) is 0 Å². The fraction of sp³-hybridized carbons (Fsp3) is 0.182. The minimum Gasteiger partial charge on any atom is -0.375 e. The van der Waals surface area contributed by atoms with Crippen LogP contribution in [0.15, 0.2) is 29.4 Å². The summed E-state index contributed by atoms with van der Waals surface area (Å²) < 4.78 is 0. The van der Waals surface area contributed by atoms with E-state index in [0.29, 0.717) is 11.4 Å². The van der Waals surface area contributed by atoms with Crippen molar-refractivity contribution in [3.05, 3.63) is 29.8 Å². The minimum absolute atomic E-state index is 0.0958. The molecule has 8 heteroatoms. The second-order valence-electron chi connectivity index (χ2n) is 3.54. The molecule has 0 saturated heterocycles. The van der Waals surface area contributed by atoms with Crippen LogP contribution in [0.2, 0.25) is 0 Å². The monoisotopic (exact) mass is 318 g/mol. The summed E-state index contributed by atoms with van der Waals surface area (Å²) in [4.78, 5) is 10.2. The van der Waals surface area contributed by atoms with Gasteiger partial charge in [-0.3, -0.25) is 10.2 Å². The Balaban J connectivity index is 2.73. The lowest BCUT2D eigenvalue weighted by Crippen LogP contribution is -2.25. The van der Waals surface area contributed by atoms with Gasteiger partial charge in [0.1, 0.15) is 0 Å². The first-order valence-electron chi connectivity index (χ1n) is 5.19. The van der Waals surface area contributed by atoms with E-state index in [-0.39, 0.29) is 5.11 Å². The molecule has 0 spiro atoms. The Morgan fingerprint density at radius 1 is 1.37 bits per heavy atom. The highest BCUT2D eigenvalue weighted by Crippen LogP contribution is 2.12. The molecule has 0 radical (unpaired) electrons. The van der Waals surface area contributed by atoms with Crippen LogP contribution in [0.3, 0.4) is 0 Å². The molecule has 4 N–H and O–H groups in total. The molecular formula is C11H12Cl2N4OS. The average Bonchev–Trinajstić information content (AvgIpc) is 2.36. The Kier molecular flexibility index (Phi) is 6.01. The molecule has 5 nitrogen and oxygen atoms in total. The number of carbonyl (C=O) groups is 1. The summed E-state index contributed by atoms with van der Waals surface area (Å²) in [6, 6.07) is 6.99. The van der Waals surface area contributed by atoms with E-state index in [1.807, 2.05) is 0 Å². The number of rotatable bonds is 4. The van der Waals surface area contributed by atoms with Crippen molar-refractivity contribution in [2.75, 3.05) is 5.32 Å². The van der Waals surface area contributed by atoms with Crippen LogP contribution >= 0.6 is 35.4 Å². The lowest BCUT2D eigenvalue weighted by atomic mass is 10.1. The zero-order valence-electron chi connectivity index (χ0n) is 9.98. The average molecular weight is 319 g/mol. The van der Waals surface area contributed by atoms with Gasteiger partial charge in [-0.15, -0.1) is 0 Å². The summed E-state index contributed by atoms with van der Waals surface area (Å²) in [6.45, 7) is 1.80. The molecule has 0 unspecified atom stereocenters. The van der Waals surface area contributed by atoms with Gasteiger partial charge in [0.2, 0.25) is 0 Å². The maximum Gasteiger partial charge on any atom is 0.257 e. The Morgan fingerprint density at radius 3 is 2.42 bits per heavy atom. The van der Waals surface area contributed by atoms with Gasteiger partial charge in [-0.2, -0.15) is 5.10 Å². The molecule has 0 aliphatic rings. The van der Waals surface area contributed by atoms with Crippen molar-refractivity contribution in [2.24, 2.45) is 10.8 Å². The standard InChI is InChI=1S/C11H12Cl2N4OS/c1-6(16-17-11(14)19)7-2-4-8(5-3-7)15-10(18)9(12)13/h2-5,9H,1H3,(H,15,18)(H3,14,17,19). The summed E-state index contributed by atoms with van der Waals surface area (Å²) in [7, 11) is 0. The van der Waals surface area contributed by atoms with E-state index in [1.165, 1.54) is 0 Å². The van der Waals surface area contributed by atoms with E-state index in [2.05, 4.69) is 28.1 Å². The smallest absolute Gasteiger partial charge is 0.257 e. The van der Waals surface area contributed by atoms with Crippen LogP contribution in [0.1, 0.15) is 12.5 Å². The van der Waals surface area contributed by atoms with Gasteiger partial charge in [-0.1, -0.05) is 35.3 Å². The van der Waals surface area contributed by atoms with E-state index in [1.54, 1.807) is 31.2 Å². The first kappa shape index (κ1) is 15.7. The van der Waals surface area contributed by atoms with Crippen LogP contribution in [0.5, 0.6) is 0 Å². The largest absolute Gasteiger partial charge is 0.375 e. The number of alkyl halides is 2. The van der Waals surface area contributed by atoms with E-state index in [0.717, 1.165) is 5.56 Å². The number of anilines is 1. The molecule has 1 rings (SSSR count). The molecule has 0 fully saturated rings. The third kappa shape index (κ3) is 5.42. The predicted molar refractivity (Wildman–Crippen MR) is 82.7 cm³/mol. The van der Waals surface area contributed by atoms with Crippen molar-refractivity contribution in [1.82, 2.24) is 5.43 Å². The molecular weight excluding hydrogens is 307 g/mol. The molecule has 102 valence electrons. The molecule has 1 aromatic rings. The lowest BCUT2D eigenvalue weighted by molar-refractivity contribution is -0.114. The first-order valence-corrected chi connectivity index (χ1v) is 6.47. The van der Waals surface area contributed by atoms with Crippen LogP contribution in [0, 0.1) is 0 Å². The van der Waals surface area contributed by atoms with Gasteiger partial charge >= 0.3 is 0 Å². The number of nitrogens with one attached hydrogen (secondary N) is 2. The third-order valence-corrected chi connectivity index (χ3v) is 2.59. The zero-order chi connectivity index (χ0) is 14.4. The van der Waals surface area contributed by atoms with Gasteiger partial charge in [0.05, 0.1) is 5.71 Å². The van der Waals surface area contributed by atoms with Gasteiger partial charge in [0.25, 0.3) is 5.91 Å². The van der Waals surface area contributed by atoms with Crippen LogP contribution in [-0.2, 0) is 4.79 Å². The van der Waals surface area contributed by atoms with Gasteiger partial charge in [-0.25, -0.2) is 0 Å². The molecule has 0 atom stereocenters. The summed E-state index contributed by atoms with van der Waals surface area (Å²) >= 11 is 15.5. The highest BCUT2D eigenvalue weighted by Gasteiger charge is 2.11. The molecule has 1 aromatic carbocycles. The third-order valence-electron chi connectivity index (χ3n) is 2.10. The van der Waals surface area contributed by atoms with E-state index in [9.17, 15) is 4.79 Å². The number of amides is 1. The van der Waals surface area contributed by atoms with E-state index in [4.69, 9.17) is 28.9 Å². The summed E-state index contributed by atoms with van der Waals surface area (Å²) in [5.41, 5.74) is 9.92. The topological polar surface area (TPSA) is 79.5 Å². The number of hydrazone groups is 1.